The molecule has 22 heavy (non-hydrogen) atoms. The zero-order chi connectivity index (χ0) is 15.5. The first-order valence-corrected chi connectivity index (χ1v) is 6.77. The normalized spacial score (nSPS) is 10.5. The number of aromatic nitrogens is 1. The van der Waals surface area contributed by atoms with Crippen LogP contribution >= 0.6 is 11.6 Å². The number of amides is 1. The maximum Gasteiger partial charge on any atom is 0.278 e. The first kappa shape index (κ1) is 14.3. The van der Waals surface area contributed by atoms with Crippen LogP contribution in [0, 0.1) is 5.82 Å². The van der Waals surface area contributed by atoms with E-state index in [1.807, 2.05) is 0 Å². The Kier molecular flexibility index (Phi) is 3.89. The number of hydrogen-bond acceptors (Lipinski definition) is 3. The summed E-state index contributed by atoms with van der Waals surface area (Å²) in [4.78, 5) is 16.2. The van der Waals surface area contributed by atoms with E-state index in [9.17, 15) is 9.18 Å². The first-order valence-electron chi connectivity index (χ1n) is 6.40. The summed E-state index contributed by atoms with van der Waals surface area (Å²) in [5.74, 6) is -0.503. The molecule has 1 heterocycles. The van der Waals surface area contributed by atoms with Gasteiger partial charge in [-0.2, -0.15) is 0 Å². The Morgan fingerprint density at radius 1 is 1.18 bits per heavy atom. The Labute approximate surface area is 130 Å². The molecule has 0 unspecified atom stereocenters. The number of carbonyl (C=O) groups excluding carboxylic acids is 1. The molecule has 0 atom stereocenters. The van der Waals surface area contributed by atoms with Crippen molar-refractivity contribution in [3.63, 3.8) is 0 Å². The molecule has 1 amide bonds. The zero-order valence-corrected chi connectivity index (χ0v) is 12.0. The summed E-state index contributed by atoms with van der Waals surface area (Å²) in [7, 11) is 0. The third-order valence-corrected chi connectivity index (χ3v) is 3.21. The summed E-state index contributed by atoms with van der Waals surface area (Å²) in [6.07, 6.45) is 1.19. The monoisotopic (exact) mass is 316 g/mol. The lowest BCUT2D eigenvalue weighted by molar-refractivity contribution is 0.102. The van der Waals surface area contributed by atoms with Crippen molar-refractivity contribution in [3.05, 3.63) is 71.5 Å². The van der Waals surface area contributed by atoms with E-state index in [0.717, 1.165) is 0 Å². The maximum absolute atomic E-state index is 12.9. The van der Waals surface area contributed by atoms with Gasteiger partial charge in [-0.15, -0.1) is 0 Å². The third kappa shape index (κ3) is 2.99. The highest BCUT2D eigenvalue weighted by atomic mass is 35.5. The standard InChI is InChI=1S/C16H10ClFN2O2/c17-11-3-1-2-10(8-11)15-14(19-9-22-15)16(21)20-13-6-4-12(18)5-7-13/h1-9H,(H,20,21). The van der Waals surface area contributed by atoms with E-state index in [0.29, 0.717) is 22.0 Å². The van der Waals surface area contributed by atoms with E-state index in [-0.39, 0.29) is 11.5 Å². The number of hydrogen-bond donors (Lipinski definition) is 1. The molecule has 110 valence electrons. The average Bonchev–Trinajstić information content (AvgIpc) is 2.99. The number of nitrogens with zero attached hydrogens (tertiary/aromatic N) is 1. The second-order valence-corrected chi connectivity index (χ2v) is 4.94. The van der Waals surface area contributed by atoms with E-state index < -0.39 is 5.91 Å². The van der Waals surface area contributed by atoms with Gasteiger partial charge in [0.05, 0.1) is 0 Å². The quantitative estimate of drug-likeness (QED) is 0.779. The van der Waals surface area contributed by atoms with Crippen LogP contribution in [0.2, 0.25) is 5.02 Å². The number of rotatable bonds is 3. The van der Waals surface area contributed by atoms with Crippen LogP contribution in [0.25, 0.3) is 11.3 Å². The number of carbonyl (C=O) groups is 1. The summed E-state index contributed by atoms with van der Waals surface area (Å²) in [5, 5.41) is 3.16. The van der Waals surface area contributed by atoms with E-state index >= 15 is 0 Å². The Morgan fingerprint density at radius 3 is 2.68 bits per heavy atom. The van der Waals surface area contributed by atoms with Gasteiger partial charge in [0, 0.05) is 16.3 Å². The van der Waals surface area contributed by atoms with Crippen LogP contribution in [0.4, 0.5) is 10.1 Å². The lowest BCUT2D eigenvalue weighted by Crippen LogP contribution is -2.13. The highest BCUT2D eigenvalue weighted by Gasteiger charge is 2.18. The predicted molar refractivity (Wildman–Crippen MR) is 81.3 cm³/mol. The number of benzene rings is 2. The van der Waals surface area contributed by atoms with Crippen LogP contribution in [0.5, 0.6) is 0 Å². The minimum atomic E-state index is -0.449. The minimum Gasteiger partial charge on any atom is -0.443 e. The molecular formula is C16H10ClFN2O2. The fraction of sp³-hybridized carbons (Fsp3) is 0. The molecule has 1 N–H and O–H groups in total. The minimum absolute atomic E-state index is 0.131. The lowest BCUT2D eigenvalue weighted by Gasteiger charge is -2.05. The van der Waals surface area contributed by atoms with Gasteiger partial charge < -0.3 is 9.73 Å². The van der Waals surface area contributed by atoms with Gasteiger partial charge >= 0.3 is 0 Å². The molecule has 0 fully saturated rings. The largest absolute Gasteiger partial charge is 0.443 e. The van der Waals surface area contributed by atoms with E-state index in [1.54, 1.807) is 24.3 Å². The molecule has 6 heteroatoms. The van der Waals surface area contributed by atoms with E-state index in [4.69, 9.17) is 16.0 Å². The Bertz CT molecular complexity index is 815. The molecule has 3 rings (SSSR count). The molecule has 0 saturated heterocycles. The van der Waals surface area contributed by atoms with Crippen molar-refractivity contribution >= 4 is 23.2 Å². The molecule has 0 aliphatic carbocycles. The van der Waals surface area contributed by atoms with Gasteiger partial charge in [-0.1, -0.05) is 23.7 Å². The molecule has 0 aliphatic heterocycles. The molecule has 1 aromatic heterocycles. The van der Waals surface area contributed by atoms with Crippen molar-refractivity contribution in [2.75, 3.05) is 5.32 Å². The van der Waals surface area contributed by atoms with Crippen molar-refractivity contribution in [2.24, 2.45) is 0 Å². The molecule has 0 radical (unpaired) electrons. The lowest BCUT2D eigenvalue weighted by atomic mass is 10.1. The smallest absolute Gasteiger partial charge is 0.278 e. The second kappa shape index (κ2) is 5.99. The van der Waals surface area contributed by atoms with Gasteiger partial charge in [-0.25, -0.2) is 9.37 Å². The molecule has 4 nitrogen and oxygen atoms in total. The highest BCUT2D eigenvalue weighted by molar-refractivity contribution is 6.30. The summed E-state index contributed by atoms with van der Waals surface area (Å²) in [6, 6.07) is 12.4. The predicted octanol–water partition coefficient (Wildman–Crippen LogP) is 4.39. The summed E-state index contributed by atoms with van der Waals surface area (Å²) in [5.41, 5.74) is 1.24. The van der Waals surface area contributed by atoms with Gasteiger partial charge in [0.25, 0.3) is 5.91 Å². The van der Waals surface area contributed by atoms with Crippen LogP contribution in [-0.2, 0) is 0 Å². The highest BCUT2D eigenvalue weighted by Crippen LogP contribution is 2.26. The third-order valence-electron chi connectivity index (χ3n) is 2.97. The van der Waals surface area contributed by atoms with Crippen molar-refractivity contribution in [3.8, 4) is 11.3 Å². The van der Waals surface area contributed by atoms with Crippen molar-refractivity contribution < 1.29 is 13.6 Å². The van der Waals surface area contributed by atoms with Crippen molar-refractivity contribution in [2.45, 2.75) is 0 Å². The SMILES string of the molecule is O=C(Nc1ccc(F)cc1)c1ncoc1-c1cccc(Cl)c1. The van der Waals surface area contributed by atoms with Gasteiger partial charge in [-0.3, -0.25) is 4.79 Å². The fourth-order valence-electron chi connectivity index (χ4n) is 1.97. The fourth-order valence-corrected chi connectivity index (χ4v) is 2.16. The van der Waals surface area contributed by atoms with Crippen molar-refractivity contribution in [1.82, 2.24) is 4.98 Å². The van der Waals surface area contributed by atoms with Crippen LogP contribution < -0.4 is 5.32 Å². The molecule has 0 aliphatic rings. The number of halogens is 2. The maximum atomic E-state index is 12.9. The summed E-state index contributed by atoms with van der Waals surface area (Å²) in [6.45, 7) is 0. The zero-order valence-electron chi connectivity index (χ0n) is 11.2. The van der Waals surface area contributed by atoms with Gasteiger partial charge in [-0.05, 0) is 36.4 Å². The molecule has 0 spiro atoms. The molecule has 3 aromatic rings. The number of oxazole rings is 1. The van der Waals surface area contributed by atoms with Crippen LogP contribution in [0.3, 0.4) is 0 Å². The Morgan fingerprint density at radius 2 is 1.95 bits per heavy atom. The molecule has 0 bridgehead atoms. The van der Waals surface area contributed by atoms with E-state index in [1.165, 1.54) is 30.7 Å². The van der Waals surface area contributed by atoms with Crippen molar-refractivity contribution in [1.29, 1.82) is 0 Å². The topological polar surface area (TPSA) is 55.1 Å². The summed E-state index contributed by atoms with van der Waals surface area (Å²) >= 11 is 5.94. The first-order chi connectivity index (χ1) is 10.6. The number of anilines is 1. The molecular weight excluding hydrogens is 307 g/mol. The van der Waals surface area contributed by atoms with E-state index in [2.05, 4.69) is 10.3 Å². The van der Waals surface area contributed by atoms with Gasteiger partial charge in [0.2, 0.25) is 0 Å². The summed E-state index contributed by atoms with van der Waals surface area (Å²) < 4.78 is 18.2. The Hall–Kier alpha value is -2.66. The van der Waals surface area contributed by atoms with Crippen LogP contribution in [0.15, 0.2) is 59.3 Å². The molecule has 0 saturated carbocycles. The molecule has 2 aromatic carbocycles. The number of nitrogens with one attached hydrogen (secondary N) is 1. The van der Waals surface area contributed by atoms with Gasteiger partial charge in [0.1, 0.15) is 5.82 Å². The Balaban J connectivity index is 1.88. The average molecular weight is 317 g/mol. The van der Waals surface area contributed by atoms with Crippen LogP contribution in [-0.4, -0.2) is 10.9 Å². The second-order valence-electron chi connectivity index (χ2n) is 4.50. The van der Waals surface area contributed by atoms with Gasteiger partial charge in [0.15, 0.2) is 17.8 Å². The van der Waals surface area contributed by atoms with Crippen LogP contribution in [0.1, 0.15) is 10.5 Å².